The molecular weight excluding hydrogens is 440 g/mol. The first-order valence-corrected chi connectivity index (χ1v) is 9.35. The number of nitrogens with one attached hydrogen (secondary N) is 2. The van der Waals surface area contributed by atoms with Crippen LogP contribution in [0.2, 0.25) is 0 Å². The Morgan fingerprint density at radius 2 is 1.81 bits per heavy atom. The summed E-state index contributed by atoms with van der Waals surface area (Å²) < 4.78 is 110. The molecule has 0 bridgehead atoms. The summed E-state index contributed by atoms with van der Waals surface area (Å²) in [5.74, 6) is -1.64. The van der Waals surface area contributed by atoms with Gasteiger partial charge in [-0.05, 0) is 31.7 Å². The first-order valence-electron chi connectivity index (χ1n) is 9.35. The Morgan fingerprint density at radius 1 is 1.13 bits per heavy atom. The zero-order valence-electron chi connectivity index (χ0n) is 15.9. The third kappa shape index (κ3) is 5.56. The number of imidazole rings is 1. The predicted molar refractivity (Wildman–Crippen MR) is 92.1 cm³/mol. The number of anilines is 2. The third-order valence-corrected chi connectivity index (χ3v) is 5.07. The second-order valence-electron chi connectivity index (χ2n) is 7.14. The maximum atomic E-state index is 13.3. The average molecular weight is 459 g/mol. The van der Waals surface area contributed by atoms with Crippen LogP contribution in [0.15, 0.2) is 24.7 Å². The van der Waals surface area contributed by atoms with Crippen molar-refractivity contribution in [3.63, 3.8) is 0 Å². The Kier molecular flexibility index (Phi) is 6.60. The summed E-state index contributed by atoms with van der Waals surface area (Å²) in [5, 5.41) is 2.53. The van der Waals surface area contributed by atoms with Crippen LogP contribution in [-0.2, 0) is 6.18 Å². The van der Waals surface area contributed by atoms with Crippen molar-refractivity contribution < 1.29 is 44.4 Å². The van der Waals surface area contributed by atoms with E-state index in [1.165, 1.54) is 10.8 Å². The average Bonchev–Trinajstić information content (AvgIpc) is 3.08. The van der Waals surface area contributed by atoms with Gasteiger partial charge in [0, 0.05) is 6.20 Å². The molecule has 0 amide bonds. The minimum Gasteiger partial charge on any atom is -0.460 e. The molecule has 2 aromatic heterocycles. The highest BCUT2D eigenvalue weighted by atomic mass is 19.4. The number of pyridine rings is 1. The van der Waals surface area contributed by atoms with Crippen LogP contribution in [0.3, 0.4) is 0 Å². The molecule has 0 aliphatic heterocycles. The van der Waals surface area contributed by atoms with Crippen molar-refractivity contribution in [1.29, 1.82) is 0 Å². The predicted octanol–water partition coefficient (Wildman–Crippen LogP) is 5.40. The van der Waals surface area contributed by atoms with Gasteiger partial charge in [0.25, 0.3) is 12.3 Å². The molecule has 2 N–H and O–H groups in total. The maximum Gasteiger partial charge on any atom is 0.419 e. The van der Waals surface area contributed by atoms with Crippen molar-refractivity contribution in [2.75, 3.05) is 11.9 Å². The smallest absolute Gasteiger partial charge is 0.419 e. The summed E-state index contributed by atoms with van der Waals surface area (Å²) in [5.41, 5.74) is -1.42. The molecule has 0 spiro atoms. The monoisotopic (exact) mass is 459 g/mol. The molecule has 0 atom stereocenters. The summed E-state index contributed by atoms with van der Waals surface area (Å²) in [6.45, 7) is -0.976. The van der Waals surface area contributed by atoms with Gasteiger partial charge in [-0.2, -0.15) is 30.9 Å². The molecule has 1 aliphatic carbocycles. The van der Waals surface area contributed by atoms with E-state index in [0.29, 0.717) is 0 Å². The van der Waals surface area contributed by atoms with Gasteiger partial charge in [-0.15, -0.1) is 0 Å². The van der Waals surface area contributed by atoms with E-state index in [0.717, 1.165) is 18.5 Å². The van der Waals surface area contributed by atoms with Crippen molar-refractivity contribution >= 4 is 11.6 Å². The lowest BCUT2D eigenvalue weighted by atomic mass is 9.85. The first kappa shape index (κ1) is 23.1. The molecule has 2 heterocycles. The minimum absolute atomic E-state index is 0.0433. The standard InChI is InChI=1S/C18H18F8N4O/c19-14(20)9-31-15-8-28-16(29-13-7-27-6-5-12(13)18(24,25)26)30(15)11-3-1-10(2-4-11)17(21,22)23/h5-8,10-11,14H,1-4,9H2,(H,28,29)/p+1. The molecule has 0 saturated heterocycles. The molecule has 0 unspecified atom stereocenters. The van der Waals surface area contributed by atoms with E-state index in [4.69, 9.17) is 4.74 Å². The van der Waals surface area contributed by atoms with Gasteiger partial charge in [0.05, 0.1) is 23.7 Å². The second kappa shape index (κ2) is 8.87. The zero-order chi connectivity index (χ0) is 22.8. The van der Waals surface area contributed by atoms with Crippen molar-refractivity contribution in [3.8, 4) is 5.88 Å². The summed E-state index contributed by atoms with van der Waals surface area (Å²) in [6, 6.07) is 0.171. The fourth-order valence-corrected chi connectivity index (χ4v) is 3.63. The Bertz CT molecular complexity index is 872. The lowest BCUT2D eigenvalue weighted by Gasteiger charge is -2.29. The number of H-pyrrole nitrogens is 1. The van der Waals surface area contributed by atoms with Gasteiger partial charge in [0.2, 0.25) is 0 Å². The van der Waals surface area contributed by atoms with Gasteiger partial charge in [0.1, 0.15) is 11.9 Å². The van der Waals surface area contributed by atoms with Crippen LogP contribution in [0.5, 0.6) is 5.88 Å². The van der Waals surface area contributed by atoms with E-state index >= 15 is 0 Å². The number of hydrogen-bond acceptors (Lipinski definition) is 3. The van der Waals surface area contributed by atoms with Gasteiger partial charge in [-0.25, -0.2) is 19.1 Å². The number of hydrogen-bond donors (Lipinski definition) is 2. The van der Waals surface area contributed by atoms with Crippen LogP contribution >= 0.6 is 0 Å². The lowest BCUT2D eigenvalue weighted by Crippen LogP contribution is -2.45. The molecule has 172 valence electrons. The van der Waals surface area contributed by atoms with Crippen LogP contribution in [0.4, 0.5) is 46.8 Å². The Balaban J connectivity index is 1.90. The quantitative estimate of drug-likeness (QED) is 0.450. The molecule has 5 nitrogen and oxygen atoms in total. The molecule has 0 radical (unpaired) electrons. The zero-order valence-corrected chi connectivity index (χ0v) is 15.9. The van der Waals surface area contributed by atoms with Crippen molar-refractivity contribution in [3.05, 3.63) is 30.2 Å². The highest BCUT2D eigenvalue weighted by molar-refractivity contribution is 5.56. The van der Waals surface area contributed by atoms with Crippen LogP contribution in [0, 0.1) is 5.92 Å². The summed E-state index contributed by atoms with van der Waals surface area (Å²) >= 11 is 0. The molecule has 13 heteroatoms. The van der Waals surface area contributed by atoms with Crippen LogP contribution in [0.25, 0.3) is 0 Å². The number of aromatic nitrogens is 3. The Hall–Kier alpha value is -2.60. The second-order valence-corrected chi connectivity index (χ2v) is 7.14. The number of rotatable bonds is 6. The van der Waals surface area contributed by atoms with E-state index < -0.39 is 48.6 Å². The molecule has 3 rings (SSSR count). The van der Waals surface area contributed by atoms with Crippen LogP contribution in [-0.4, -0.2) is 29.2 Å². The Labute approximate surface area is 171 Å². The molecular formula is C18H19F8N4O+. The van der Waals surface area contributed by atoms with E-state index in [9.17, 15) is 35.1 Å². The lowest BCUT2D eigenvalue weighted by molar-refractivity contribution is -0.716. The molecule has 1 aliphatic rings. The van der Waals surface area contributed by atoms with Gasteiger partial charge in [0.15, 0.2) is 6.61 Å². The highest BCUT2D eigenvalue weighted by Crippen LogP contribution is 2.41. The topological polar surface area (TPSA) is 53.8 Å². The fourth-order valence-electron chi connectivity index (χ4n) is 3.63. The third-order valence-electron chi connectivity index (χ3n) is 5.07. The van der Waals surface area contributed by atoms with Gasteiger partial charge < -0.3 is 4.74 Å². The van der Waals surface area contributed by atoms with E-state index in [1.54, 1.807) is 0 Å². The number of halogens is 8. The number of nitrogens with zero attached hydrogens (tertiary/aromatic N) is 2. The summed E-state index contributed by atoms with van der Waals surface area (Å²) in [6.07, 6.45) is -9.07. The van der Waals surface area contributed by atoms with Crippen molar-refractivity contribution in [2.24, 2.45) is 5.92 Å². The van der Waals surface area contributed by atoms with Gasteiger partial charge in [-0.3, -0.25) is 4.98 Å². The van der Waals surface area contributed by atoms with Crippen molar-refractivity contribution in [1.82, 2.24) is 9.97 Å². The molecule has 1 saturated carbocycles. The molecule has 2 aromatic rings. The molecule has 0 aromatic carbocycles. The largest absolute Gasteiger partial charge is 0.460 e. The molecule has 31 heavy (non-hydrogen) atoms. The Morgan fingerprint density at radius 3 is 2.39 bits per heavy atom. The first-order chi connectivity index (χ1) is 14.5. The molecule has 1 fully saturated rings. The van der Waals surface area contributed by atoms with Gasteiger partial charge in [-0.1, -0.05) is 0 Å². The van der Waals surface area contributed by atoms with Crippen molar-refractivity contribution in [2.45, 2.75) is 50.5 Å². The number of ether oxygens (including phenoxy) is 1. The number of aromatic amines is 1. The fraction of sp³-hybridized carbons (Fsp3) is 0.556. The summed E-state index contributed by atoms with van der Waals surface area (Å²) in [4.78, 5) is 6.29. The number of alkyl halides is 8. The van der Waals surface area contributed by atoms with E-state index in [1.807, 2.05) is 0 Å². The highest BCUT2D eigenvalue weighted by Gasteiger charge is 2.43. The van der Waals surface area contributed by atoms with Crippen LogP contribution < -0.4 is 14.6 Å². The van der Waals surface area contributed by atoms with E-state index in [-0.39, 0.29) is 37.5 Å². The van der Waals surface area contributed by atoms with E-state index in [2.05, 4.69) is 15.3 Å². The maximum absolute atomic E-state index is 13.3. The van der Waals surface area contributed by atoms with Crippen LogP contribution in [0.1, 0.15) is 37.3 Å². The van der Waals surface area contributed by atoms with Gasteiger partial charge >= 0.3 is 18.3 Å². The summed E-state index contributed by atoms with van der Waals surface area (Å²) in [7, 11) is 0. The minimum atomic E-state index is -4.69. The normalized spacial score (nSPS) is 20.2. The SMILES string of the molecule is FC(F)COc1c[nH]c(Nc2cnccc2C(F)(F)F)[n+]1C1CCC(C(F)(F)F)CC1.